The summed E-state index contributed by atoms with van der Waals surface area (Å²) in [4.78, 5) is 4.58. The molecule has 1 atom stereocenters. The van der Waals surface area contributed by atoms with Gasteiger partial charge in [-0.1, -0.05) is 13.8 Å². The Hall–Kier alpha value is -0.720. The largest absolute Gasteiger partial charge is 0.313 e. The zero-order chi connectivity index (χ0) is 15.4. The first-order chi connectivity index (χ1) is 10.0. The predicted octanol–water partition coefficient (Wildman–Crippen LogP) is 3.27. The van der Waals surface area contributed by atoms with E-state index in [1.165, 1.54) is 10.7 Å². The van der Waals surface area contributed by atoms with Crippen LogP contribution in [0.3, 0.4) is 0 Å². The highest BCUT2D eigenvalue weighted by atomic mass is 79.9. The normalized spacial score (nSPS) is 12.8. The molecule has 2 aromatic rings. The number of nitrogens with one attached hydrogen (secondary N) is 1. The smallest absolute Gasteiger partial charge is 0.0943 e. The van der Waals surface area contributed by atoms with Gasteiger partial charge in [0.2, 0.25) is 0 Å². The summed E-state index contributed by atoms with van der Waals surface area (Å²) in [5.74, 6) is 0. The fraction of sp³-hybridized carbons (Fsp3) is 0.600. The molecule has 0 bridgehead atoms. The second-order valence-electron chi connectivity index (χ2n) is 5.23. The van der Waals surface area contributed by atoms with E-state index in [2.05, 4.69) is 50.6 Å². The minimum Gasteiger partial charge on any atom is -0.313 e. The predicted molar refractivity (Wildman–Crippen MR) is 92.0 cm³/mol. The molecule has 2 rings (SSSR count). The Bertz CT molecular complexity index is 591. The lowest BCUT2D eigenvalue weighted by molar-refractivity contribution is 0.502. The SMILES string of the molecule is CCNC(Cc1nc(C)cs1)Cc1c(Br)c(CC)nn1C. The number of halogens is 1. The van der Waals surface area contributed by atoms with Gasteiger partial charge in [-0.05, 0) is 35.8 Å². The van der Waals surface area contributed by atoms with Crippen LogP contribution in [0.5, 0.6) is 0 Å². The summed E-state index contributed by atoms with van der Waals surface area (Å²) >= 11 is 5.45. The molecular formula is C15H23BrN4S. The maximum atomic E-state index is 4.58. The summed E-state index contributed by atoms with van der Waals surface area (Å²) in [5.41, 5.74) is 3.50. The van der Waals surface area contributed by atoms with E-state index in [0.29, 0.717) is 6.04 Å². The third-order valence-electron chi connectivity index (χ3n) is 3.52. The second-order valence-corrected chi connectivity index (χ2v) is 6.97. The van der Waals surface area contributed by atoms with Crippen LogP contribution in [0.2, 0.25) is 0 Å². The molecule has 6 heteroatoms. The number of nitrogens with zero attached hydrogens (tertiary/aromatic N) is 3. The van der Waals surface area contributed by atoms with Crippen molar-refractivity contribution in [1.29, 1.82) is 0 Å². The Morgan fingerprint density at radius 2 is 2.14 bits per heavy atom. The van der Waals surface area contributed by atoms with E-state index in [1.54, 1.807) is 11.3 Å². The molecule has 0 radical (unpaired) electrons. The van der Waals surface area contributed by atoms with Crippen molar-refractivity contribution in [3.8, 4) is 0 Å². The lowest BCUT2D eigenvalue weighted by atomic mass is 10.1. The van der Waals surface area contributed by atoms with Crippen LogP contribution in [0.4, 0.5) is 0 Å². The molecular weight excluding hydrogens is 348 g/mol. The molecule has 0 aliphatic rings. The van der Waals surface area contributed by atoms with Gasteiger partial charge in [0.15, 0.2) is 0 Å². The van der Waals surface area contributed by atoms with Gasteiger partial charge in [0.05, 0.1) is 20.9 Å². The molecule has 0 amide bonds. The molecule has 0 aliphatic carbocycles. The molecule has 1 N–H and O–H groups in total. The topological polar surface area (TPSA) is 42.7 Å². The molecule has 116 valence electrons. The minimum absolute atomic E-state index is 0.386. The molecule has 21 heavy (non-hydrogen) atoms. The van der Waals surface area contributed by atoms with Crippen LogP contribution in [0.1, 0.15) is 35.9 Å². The number of likely N-dealkylation sites (N-methyl/N-ethyl adjacent to an activating group) is 1. The van der Waals surface area contributed by atoms with Crippen LogP contribution in [-0.4, -0.2) is 27.4 Å². The van der Waals surface area contributed by atoms with E-state index in [-0.39, 0.29) is 0 Å². The lowest BCUT2D eigenvalue weighted by Crippen LogP contribution is -2.33. The number of rotatable bonds is 7. The molecule has 0 saturated heterocycles. The van der Waals surface area contributed by atoms with Crippen LogP contribution < -0.4 is 5.32 Å². The molecule has 0 aromatic carbocycles. The van der Waals surface area contributed by atoms with Gasteiger partial charge in [-0.15, -0.1) is 11.3 Å². The summed E-state index contributed by atoms with van der Waals surface area (Å²) < 4.78 is 3.16. The van der Waals surface area contributed by atoms with Gasteiger partial charge in [0.1, 0.15) is 0 Å². The average molecular weight is 371 g/mol. The Morgan fingerprint density at radius 3 is 2.67 bits per heavy atom. The van der Waals surface area contributed by atoms with Crippen LogP contribution >= 0.6 is 27.3 Å². The molecule has 2 aromatic heterocycles. The Morgan fingerprint density at radius 1 is 1.38 bits per heavy atom. The van der Waals surface area contributed by atoms with Crippen molar-refractivity contribution in [3.05, 3.63) is 31.9 Å². The first-order valence-electron chi connectivity index (χ1n) is 7.39. The lowest BCUT2D eigenvalue weighted by Gasteiger charge is -2.17. The molecule has 0 saturated carbocycles. The Labute approximate surface area is 139 Å². The maximum absolute atomic E-state index is 4.58. The van der Waals surface area contributed by atoms with E-state index < -0.39 is 0 Å². The van der Waals surface area contributed by atoms with Gasteiger partial charge in [-0.2, -0.15) is 5.10 Å². The number of hydrogen-bond donors (Lipinski definition) is 1. The minimum atomic E-state index is 0.386. The number of aryl methyl sites for hydroxylation is 3. The van der Waals surface area contributed by atoms with Gasteiger partial charge in [0.25, 0.3) is 0 Å². The van der Waals surface area contributed by atoms with Crippen molar-refractivity contribution in [2.45, 2.75) is 46.1 Å². The quantitative estimate of drug-likeness (QED) is 0.812. The van der Waals surface area contributed by atoms with Crippen LogP contribution in [0.15, 0.2) is 9.85 Å². The van der Waals surface area contributed by atoms with E-state index in [4.69, 9.17) is 0 Å². The van der Waals surface area contributed by atoms with Crippen molar-refractivity contribution in [3.63, 3.8) is 0 Å². The molecule has 2 heterocycles. The van der Waals surface area contributed by atoms with Crippen molar-refractivity contribution < 1.29 is 0 Å². The van der Waals surface area contributed by atoms with Crippen molar-refractivity contribution in [2.24, 2.45) is 7.05 Å². The van der Waals surface area contributed by atoms with E-state index in [9.17, 15) is 0 Å². The fourth-order valence-electron chi connectivity index (χ4n) is 2.49. The molecule has 4 nitrogen and oxygen atoms in total. The number of thiazole rings is 1. The molecule has 0 aliphatic heterocycles. The average Bonchev–Trinajstić information content (AvgIpc) is 2.97. The van der Waals surface area contributed by atoms with E-state index >= 15 is 0 Å². The zero-order valence-electron chi connectivity index (χ0n) is 13.1. The summed E-state index contributed by atoms with van der Waals surface area (Å²) in [6.45, 7) is 7.30. The molecule has 0 fully saturated rings. The highest BCUT2D eigenvalue weighted by Gasteiger charge is 2.18. The Kier molecular flexibility index (Phi) is 5.96. The highest BCUT2D eigenvalue weighted by molar-refractivity contribution is 9.10. The first-order valence-corrected chi connectivity index (χ1v) is 9.07. The van der Waals surface area contributed by atoms with E-state index in [1.807, 2.05) is 18.7 Å². The van der Waals surface area contributed by atoms with Gasteiger partial charge < -0.3 is 5.32 Å². The first kappa shape index (κ1) is 16.6. The van der Waals surface area contributed by atoms with Crippen LogP contribution in [-0.2, 0) is 26.3 Å². The fourth-order valence-corrected chi connectivity index (χ4v) is 4.12. The third-order valence-corrected chi connectivity index (χ3v) is 5.43. The molecule has 1 unspecified atom stereocenters. The van der Waals surface area contributed by atoms with Gasteiger partial charge in [0, 0.05) is 37.0 Å². The van der Waals surface area contributed by atoms with Crippen molar-refractivity contribution in [2.75, 3.05) is 6.54 Å². The standard InChI is InChI=1S/C15H23BrN4S/c1-5-12-15(16)13(20(4)19-12)7-11(17-6-2)8-14-18-10(3)9-21-14/h9,11,17H,5-8H2,1-4H3. The second kappa shape index (κ2) is 7.51. The van der Waals surface area contributed by atoms with Gasteiger partial charge in [-0.25, -0.2) is 4.98 Å². The van der Waals surface area contributed by atoms with Gasteiger partial charge >= 0.3 is 0 Å². The summed E-state index contributed by atoms with van der Waals surface area (Å²) in [5, 5.41) is 11.5. The van der Waals surface area contributed by atoms with Crippen molar-refractivity contribution >= 4 is 27.3 Å². The number of aromatic nitrogens is 3. The molecule has 0 spiro atoms. The monoisotopic (exact) mass is 370 g/mol. The summed E-state index contributed by atoms with van der Waals surface area (Å²) in [6.07, 6.45) is 2.87. The third kappa shape index (κ3) is 4.14. The van der Waals surface area contributed by atoms with Crippen LogP contribution in [0, 0.1) is 6.92 Å². The summed E-state index contributed by atoms with van der Waals surface area (Å²) in [6, 6.07) is 0.386. The van der Waals surface area contributed by atoms with Crippen LogP contribution in [0.25, 0.3) is 0 Å². The van der Waals surface area contributed by atoms with E-state index in [0.717, 1.165) is 41.7 Å². The number of hydrogen-bond acceptors (Lipinski definition) is 4. The summed E-state index contributed by atoms with van der Waals surface area (Å²) in [7, 11) is 2.02. The highest BCUT2D eigenvalue weighted by Crippen LogP contribution is 2.23. The Balaban J connectivity index is 2.14. The maximum Gasteiger partial charge on any atom is 0.0943 e. The van der Waals surface area contributed by atoms with Gasteiger partial charge in [-0.3, -0.25) is 4.68 Å². The van der Waals surface area contributed by atoms with Crippen molar-refractivity contribution in [1.82, 2.24) is 20.1 Å². The zero-order valence-corrected chi connectivity index (χ0v) is 15.5.